The lowest BCUT2D eigenvalue weighted by Gasteiger charge is -2.22. The number of carbonyl (C=O) groups excluding carboxylic acids is 2. The maximum Gasteiger partial charge on any atom is 0.243 e. The van der Waals surface area contributed by atoms with Gasteiger partial charge in [0.15, 0.2) is 0 Å². The van der Waals surface area contributed by atoms with E-state index in [4.69, 9.17) is 0 Å². The Labute approximate surface area is 136 Å². The fraction of sp³-hybridized carbons (Fsp3) is 0.263. The molecule has 0 radical (unpaired) electrons. The van der Waals surface area contributed by atoms with Gasteiger partial charge < -0.3 is 10.6 Å². The monoisotopic (exact) mass is 310 g/mol. The van der Waals surface area contributed by atoms with Crippen molar-refractivity contribution in [3.8, 4) is 0 Å². The number of rotatable bonds is 5. The summed E-state index contributed by atoms with van der Waals surface area (Å²) in [5.41, 5.74) is 3.17. The van der Waals surface area contributed by atoms with Gasteiger partial charge in [-0.3, -0.25) is 9.59 Å². The van der Waals surface area contributed by atoms with Gasteiger partial charge in [0.05, 0.1) is 6.04 Å². The number of aryl methyl sites for hydroxylation is 1. The molecule has 0 bridgehead atoms. The summed E-state index contributed by atoms with van der Waals surface area (Å²) in [6, 6.07) is 17.0. The number of amides is 2. The zero-order valence-electron chi connectivity index (χ0n) is 13.7. The Morgan fingerprint density at radius 1 is 0.870 bits per heavy atom. The summed E-state index contributed by atoms with van der Waals surface area (Å²) in [6.07, 6.45) is 0. The molecule has 0 aliphatic rings. The number of benzene rings is 2. The first-order valence-electron chi connectivity index (χ1n) is 7.66. The van der Waals surface area contributed by atoms with Gasteiger partial charge in [-0.2, -0.15) is 0 Å². The predicted molar refractivity (Wildman–Crippen MR) is 90.9 cm³/mol. The first-order valence-corrected chi connectivity index (χ1v) is 7.66. The average Bonchev–Trinajstić information content (AvgIpc) is 2.53. The molecule has 0 aliphatic heterocycles. The maximum absolute atomic E-state index is 12.4. The van der Waals surface area contributed by atoms with Crippen LogP contribution in [0.2, 0.25) is 0 Å². The second-order valence-electron chi connectivity index (χ2n) is 5.69. The van der Waals surface area contributed by atoms with Crippen LogP contribution < -0.4 is 10.6 Å². The summed E-state index contributed by atoms with van der Waals surface area (Å²) in [7, 11) is 0. The minimum absolute atomic E-state index is 0.213. The van der Waals surface area contributed by atoms with Gasteiger partial charge in [-0.1, -0.05) is 60.2 Å². The van der Waals surface area contributed by atoms with Gasteiger partial charge in [0.2, 0.25) is 11.8 Å². The second kappa shape index (κ2) is 7.58. The molecule has 2 aromatic rings. The molecule has 0 fully saturated rings. The SMILES string of the molecule is CC(=O)NC(C)C(=O)NC(c1ccccc1)c1ccc(C)cc1. The lowest BCUT2D eigenvalue weighted by atomic mass is 9.97. The van der Waals surface area contributed by atoms with Crippen LogP contribution in [0.4, 0.5) is 0 Å². The van der Waals surface area contributed by atoms with Gasteiger partial charge >= 0.3 is 0 Å². The first kappa shape index (κ1) is 16.7. The summed E-state index contributed by atoms with van der Waals surface area (Å²) in [6.45, 7) is 5.10. The normalized spacial score (nSPS) is 13.0. The fourth-order valence-electron chi connectivity index (χ4n) is 2.40. The highest BCUT2D eigenvalue weighted by Crippen LogP contribution is 2.22. The molecule has 2 amide bonds. The minimum Gasteiger partial charge on any atom is -0.345 e. The lowest BCUT2D eigenvalue weighted by molar-refractivity contribution is -0.127. The number of carbonyl (C=O) groups is 2. The van der Waals surface area contributed by atoms with Crippen molar-refractivity contribution < 1.29 is 9.59 Å². The Balaban J connectivity index is 2.26. The van der Waals surface area contributed by atoms with Gasteiger partial charge in [0, 0.05) is 6.92 Å². The van der Waals surface area contributed by atoms with E-state index < -0.39 is 6.04 Å². The molecule has 0 spiro atoms. The Bertz CT molecular complexity index is 666. The summed E-state index contributed by atoms with van der Waals surface area (Å²) in [5, 5.41) is 5.63. The quantitative estimate of drug-likeness (QED) is 0.892. The molecule has 2 atom stereocenters. The molecular formula is C19H22N2O2. The lowest BCUT2D eigenvalue weighted by Crippen LogP contribution is -2.45. The molecule has 0 heterocycles. The van der Waals surface area contributed by atoms with Crippen LogP contribution in [0.25, 0.3) is 0 Å². The van der Waals surface area contributed by atoms with E-state index in [9.17, 15) is 9.59 Å². The van der Waals surface area contributed by atoms with Crippen LogP contribution in [-0.2, 0) is 9.59 Å². The van der Waals surface area contributed by atoms with E-state index in [1.54, 1.807) is 6.92 Å². The van der Waals surface area contributed by atoms with E-state index in [-0.39, 0.29) is 17.9 Å². The van der Waals surface area contributed by atoms with E-state index in [0.29, 0.717) is 0 Å². The summed E-state index contributed by atoms with van der Waals surface area (Å²) < 4.78 is 0. The molecule has 0 saturated carbocycles. The van der Waals surface area contributed by atoms with Crippen LogP contribution in [0.3, 0.4) is 0 Å². The van der Waals surface area contributed by atoms with Crippen LogP contribution in [-0.4, -0.2) is 17.9 Å². The van der Waals surface area contributed by atoms with Crippen molar-refractivity contribution in [1.29, 1.82) is 0 Å². The maximum atomic E-state index is 12.4. The third-order valence-corrected chi connectivity index (χ3v) is 3.64. The number of hydrogen-bond donors (Lipinski definition) is 2. The van der Waals surface area contributed by atoms with Crippen LogP contribution in [0, 0.1) is 6.92 Å². The van der Waals surface area contributed by atoms with E-state index >= 15 is 0 Å². The van der Waals surface area contributed by atoms with E-state index in [1.165, 1.54) is 12.5 Å². The van der Waals surface area contributed by atoms with Gasteiger partial charge in [0.1, 0.15) is 6.04 Å². The van der Waals surface area contributed by atoms with Gasteiger partial charge in [-0.05, 0) is 25.0 Å². The van der Waals surface area contributed by atoms with E-state index in [1.807, 2.05) is 61.5 Å². The first-order chi connectivity index (χ1) is 11.0. The Hall–Kier alpha value is -2.62. The number of nitrogens with one attached hydrogen (secondary N) is 2. The molecule has 2 N–H and O–H groups in total. The standard InChI is InChI=1S/C19H22N2O2/c1-13-9-11-17(12-10-13)18(16-7-5-4-6-8-16)21-19(23)14(2)20-15(3)22/h4-12,14,18H,1-3H3,(H,20,22)(H,21,23). The largest absolute Gasteiger partial charge is 0.345 e. The third kappa shape index (κ3) is 4.68. The molecule has 120 valence electrons. The molecule has 4 heteroatoms. The van der Waals surface area contributed by atoms with Gasteiger partial charge in [-0.25, -0.2) is 0 Å². The van der Waals surface area contributed by atoms with Gasteiger partial charge in [-0.15, -0.1) is 0 Å². The van der Waals surface area contributed by atoms with Crippen LogP contribution in [0.15, 0.2) is 54.6 Å². The van der Waals surface area contributed by atoms with E-state index in [0.717, 1.165) is 11.1 Å². The summed E-state index contributed by atoms with van der Waals surface area (Å²) >= 11 is 0. The van der Waals surface area contributed by atoms with Crippen molar-refractivity contribution >= 4 is 11.8 Å². The second-order valence-corrected chi connectivity index (χ2v) is 5.69. The molecule has 0 aliphatic carbocycles. The topological polar surface area (TPSA) is 58.2 Å². The number of hydrogen-bond acceptors (Lipinski definition) is 2. The zero-order chi connectivity index (χ0) is 16.8. The molecule has 0 saturated heterocycles. The smallest absolute Gasteiger partial charge is 0.243 e. The van der Waals surface area contributed by atoms with Gasteiger partial charge in [0.25, 0.3) is 0 Å². The average molecular weight is 310 g/mol. The van der Waals surface area contributed by atoms with E-state index in [2.05, 4.69) is 10.6 Å². The van der Waals surface area contributed by atoms with Crippen molar-refractivity contribution in [3.05, 3.63) is 71.3 Å². The highest BCUT2D eigenvalue weighted by molar-refractivity contribution is 5.86. The molecular weight excluding hydrogens is 288 g/mol. The Morgan fingerprint density at radius 2 is 1.43 bits per heavy atom. The molecule has 4 nitrogen and oxygen atoms in total. The Morgan fingerprint density at radius 3 is 2.00 bits per heavy atom. The fourth-order valence-corrected chi connectivity index (χ4v) is 2.40. The highest BCUT2D eigenvalue weighted by atomic mass is 16.2. The van der Waals surface area contributed by atoms with Crippen molar-refractivity contribution in [2.24, 2.45) is 0 Å². The van der Waals surface area contributed by atoms with Crippen LogP contribution >= 0.6 is 0 Å². The molecule has 2 aromatic carbocycles. The van der Waals surface area contributed by atoms with Crippen molar-refractivity contribution in [2.75, 3.05) is 0 Å². The Kier molecular flexibility index (Phi) is 5.52. The third-order valence-electron chi connectivity index (χ3n) is 3.64. The van der Waals surface area contributed by atoms with Crippen LogP contribution in [0.5, 0.6) is 0 Å². The molecule has 0 aromatic heterocycles. The van der Waals surface area contributed by atoms with Crippen molar-refractivity contribution in [3.63, 3.8) is 0 Å². The van der Waals surface area contributed by atoms with Crippen molar-refractivity contribution in [1.82, 2.24) is 10.6 Å². The highest BCUT2D eigenvalue weighted by Gasteiger charge is 2.20. The minimum atomic E-state index is -0.579. The molecule has 23 heavy (non-hydrogen) atoms. The predicted octanol–water partition coefficient (Wildman–Crippen LogP) is 2.73. The molecule has 2 unspecified atom stereocenters. The summed E-state index contributed by atoms with van der Waals surface area (Å²) in [5.74, 6) is -0.436. The molecule has 2 rings (SSSR count). The zero-order valence-corrected chi connectivity index (χ0v) is 13.7. The van der Waals surface area contributed by atoms with Crippen LogP contribution in [0.1, 0.15) is 36.6 Å². The van der Waals surface area contributed by atoms with Crippen molar-refractivity contribution in [2.45, 2.75) is 32.9 Å². The summed E-state index contributed by atoms with van der Waals surface area (Å²) in [4.78, 5) is 23.5.